The van der Waals surface area contributed by atoms with Crippen molar-refractivity contribution in [1.82, 2.24) is 16.0 Å². The Hall–Kier alpha value is -1.83. The second-order valence-corrected chi connectivity index (χ2v) is 3.95. The zero-order valence-corrected chi connectivity index (χ0v) is 10.4. The minimum Gasteiger partial charge on any atom is -0.480 e. The molecule has 104 valence electrons. The van der Waals surface area contributed by atoms with Gasteiger partial charge in [0, 0.05) is 19.0 Å². The molecular weight excluding hydrogens is 242 g/mol. The lowest BCUT2D eigenvalue weighted by Gasteiger charge is -2.13. The molecule has 0 heterocycles. The third kappa shape index (κ3) is 7.44. The van der Waals surface area contributed by atoms with Gasteiger partial charge in [-0.05, 0) is 13.8 Å². The topological polar surface area (TPSA) is 128 Å². The number of rotatable bonds is 7. The molecule has 8 heteroatoms. The van der Waals surface area contributed by atoms with Crippen molar-refractivity contribution in [2.45, 2.75) is 32.4 Å². The predicted octanol–water partition coefficient (Wildman–Crippen LogP) is -1.35. The largest absolute Gasteiger partial charge is 0.480 e. The normalized spacial score (nSPS) is 11.8. The van der Waals surface area contributed by atoms with E-state index in [1.807, 2.05) is 19.2 Å². The number of carbonyl (C=O) groups is 3. The highest BCUT2D eigenvalue weighted by atomic mass is 16.4. The van der Waals surface area contributed by atoms with Crippen LogP contribution in [0.15, 0.2) is 0 Å². The van der Waals surface area contributed by atoms with Crippen molar-refractivity contribution in [1.29, 1.82) is 0 Å². The van der Waals surface area contributed by atoms with Crippen LogP contribution in [-0.4, -0.2) is 53.4 Å². The Morgan fingerprint density at radius 1 is 1.17 bits per heavy atom. The van der Waals surface area contributed by atoms with Crippen LogP contribution in [0.2, 0.25) is 0 Å². The molecule has 0 radical (unpaired) electrons. The monoisotopic (exact) mass is 261 g/mol. The van der Waals surface area contributed by atoms with Crippen LogP contribution >= 0.6 is 0 Å². The van der Waals surface area contributed by atoms with Crippen molar-refractivity contribution < 1.29 is 24.6 Å². The molecule has 5 N–H and O–H groups in total. The standard InChI is InChI=1S/C10H19N3O5/c1-6(2)12-8(15)3-4-11-10(18)13-7(5-14)9(16)17/h6-7,14H,3-5H2,1-2H3,(H,12,15)(H,16,17)(H2,11,13,18)/t7-/m0/s1. The van der Waals surface area contributed by atoms with Crippen molar-refractivity contribution in [3.05, 3.63) is 0 Å². The maximum Gasteiger partial charge on any atom is 0.328 e. The van der Waals surface area contributed by atoms with Gasteiger partial charge < -0.3 is 26.2 Å². The van der Waals surface area contributed by atoms with Gasteiger partial charge in [-0.1, -0.05) is 0 Å². The summed E-state index contributed by atoms with van der Waals surface area (Å²) >= 11 is 0. The number of amides is 3. The van der Waals surface area contributed by atoms with E-state index in [4.69, 9.17) is 10.2 Å². The zero-order chi connectivity index (χ0) is 14.1. The second kappa shape index (κ2) is 8.29. The number of hydrogen-bond donors (Lipinski definition) is 5. The lowest BCUT2D eigenvalue weighted by atomic mass is 10.3. The van der Waals surface area contributed by atoms with Crippen LogP contribution < -0.4 is 16.0 Å². The van der Waals surface area contributed by atoms with E-state index < -0.39 is 24.6 Å². The molecule has 0 spiro atoms. The van der Waals surface area contributed by atoms with Gasteiger partial charge in [0.25, 0.3) is 0 Å². The van der Waals surface area contributed by atoms with Crippen molar-refractivity contribution in [3.63, 3.8) is 0 Å². The summed E-state index contributed by atoms with van der Waals surface area (Å²) < 4.78 is 0. The van der Waals surface area contributed by atoms with E-state index in [0.29, 0.717) is 0 Å². The summed E-state index contributed by atoms with van der Waals surface area (Å²) in [5.41, 5.74) is 0. The van der Waals surface area contributed by atoms with E-state index in [-0.39, 0.29) is 24.9 Å². The van der Waals surface area contributed by atoms with Crippen molar-refractivity contribution in [2.75, 3.05) is 13.2 Å². The Balaban J connectivity index is 3.83. The Bertz CT molecular complexity index is 306. The summed E-state index contributed by atoms with van der Waals surface area (Å²) in [7, 11) is 0. The van der Waals surface area contributed by atoms with Gasteiger partial charge in [0.2, 0.25) is 5.91 Å². The second-order valence-electron chi connectivity index (χ2n) is 3.95. The summed E-state index contributed by atoms with van der Waals surface area (Å²) in [5.74, 6) is -1.53. The quantitative estimate of drug-likeness (QED) is 0.387. The van der Waals surface area contributed by atoms with Crippen LogP contribution in [0.1, 0.15) is 20.3 Å². The van der Waals surface area contributed by atoms with Gasteiger partial charge in [0.05, 0.1) is 6.61 Å². The third-order valence-corrected chi connectivity index (χ3v) is 1.87. The first-order valence-corrected chi connectivity index (χ1v) is 5.54. The number of hydrogen-bond acceptors (Lipinski definition) is 4. The van der Waals surface area contributed by atoms with Crippen molar-refractivity contribution in [2.24, 2.45) is 0 Å². The fraction of sp³-hybridized carbons (Fsp3) is 0.700. The molecule has 0 saturated carbocycles. The Kier molecular flexibility index (Phi) is 7.45. The van der Waals surface area contributed by atoms with Gasteiger partial charge in [-0.15, -0.1) is 0 Å². The lowest BCUT2D eigenvalue weighted by molar-refractivity contribution is -0.140. The average molecular weight is 261 g/mol. The SMILES string of the molecule is CC(C)NC(=O)CCNC(=O)N[C@@H](CO)C(=O)O. The van der Waals surface area contributed by atoms with Crippen LogP contribution in [0.5, 0.6) is 0 Å². The number of carbonyl (C=O) groups excluding carboxylic acids is 2. The van der Waals surface area contributed by atoms with Gasteiger partial charge in [-0.2, -0.15) is 0 Å². The first-order chi connectivity index (χ1) is 8.36. The Morgan fingerprint density at radius 3 is 2.22 bits per heavy atom. The maximum atomic E-state index is 11.2. The maximum absolute atomic E-state index is 11.2. The van der Waals surface area contributed by atoms with Crippen molar-refractivity contribution >= 4 is 17.9 Å². The highest BCUT2D eigenvalue weighted by Gasteiger charge is 2.18. The molecule has 0 bridgehead atoms. The van der Waals surface area contributed by atoms with Crippen LogP contribution in [0.3, 0.4) is 0 Å². The van der Waals surface area contributed by atoms with E-state index in [1.165, 1.54) is 0 Å². The first-order valence-electron chi connectivity index (χ1n) is 5.54. The van der Waals surface area contributed by atoms with E-state index in [1.54, 1.807) is 0 Å². The fourth-order valence-corrected chi connectivity index (χ4v) is 1.08. The minimum atomic E-state index is -1.35. The summed E-state index contributed by atoms with van der Waals surface area (Å²) in [6, 6.07) is -2.07. The highest BCUT2D eigenvalue weighted by molar-refractivity contribution is 5.83. The Labute approximate surface area is 105 Å². The van der Waals surface area contributed by atoms with Gasteiger partial charge in [-0.3, -0.25) is 4.79 Å². The number of aliphatic carboxylic acids is 1. The molecule has 0 unspecified atom stereocenters. The van der Waals surface area contributed by atoms with Gasteiger partial charge in [-0.25, -0.2) is 9.59 Å². The average Bonchev–Trinajstić information content (AvgIpc) is 2.24. The summed E-state index contributed by atoms with van der Waals surface area (Å²) in [6.07, 6.45) is 0.0997. The number of carboxylic acids is 1. The van der Waals surface area contributed by atoms with Crippen molar-refractivity contribution in [3.8, 4) is 0 Å². The van der Waals surface area contributed by atoms with E-state index in [0.717, 1.165) is 0 Å². The fourth-order valence-electron chi connectivity index (χ4n) is 1.08. The van der Waals surface area contributed by atoms with Gasteiger partial charge in [0.15, 0.2) is 6.04 Å². The molecule has 8 nitrogen and oxygen atoms in total. The molecule has 18 heavy (non-hydrogen) atoms. The number of carboxylic acid groups (broad SMARTS) is 1. The van der Waals surface area contributed by atoms with E-state index in [9.17, 15) is 14.4 Å². The number of aliphatic hydroxyl groups excluding tert-OH is 1. The number of urea groups is 1. The molecular formula is C10H19N3O5. The Morgan fingerprint density at radius 2 is 1.78 bits per heavy atom. The number of aliphatic hydroxyl groups is 1. The molecule has 0 rings (SSSR count). The lowest BCUT2D eigenvalue weighted by Crippen LogP contribution is -2.48. The molecule has 0 aliphatic rings. The summed E-state index contributed by atoms with van der Waals surface area (Å²) in [4.78, 5) is 32.9. The molecule has 0 fully saturated rings. The molecule has 0 aromatic heterocycles. The molecule has 0 aromatic carbocycles. The molecule has 1 atom stereocenters. The van der Waals surface area contributed by atoms with Crippen LogP contribution in [0.4, 0.5) is 4.79 Å². The highest BCUT2D eigenvalue weighted by Crippen LogP contribution is 1.84. The minimum absolute atomic E-state index is 0.0251. The number of nitrogens with one attached hydrogen (secondary N) is 3. The molecule has 0 aliphatic heterocycles. The predicted molar refractivity (Wildman–Crippen MR) is 62.9 cm³/mol. The summed E-state index contributed by atoms with van der Waals surface area (Å²) in [5, 5.41) is 24.3. The van der Waals surface area contributed by atoms with E-state index in [2.05, 4.69) is 10.6 Å². The van der Waals surface area contributed by atoms with Gasteiger partial charge >= 0.3 is 12.0 Å². The zero-order valence-electron chi connectivity index (χ0n) is 10.4. The van der Waals surface area contributed by atoms with Gasteiger partial charge in [0.1, 0.15) is 0 Å². The molecule has 3 amide bonds. The molecule has 0 saturated heterocycles. The van der Waals surface area contributed by atoms with Crippen LogP contribution in [0.25, 0.3) is 0 Å². The third-order valence-electron chi connectivity index (χ3n) is 1.87. The smallest absolute Gasteiger partial charge is 0.328 e. The first kappa shape index (κ1) is 16.2. The van der Waals surface area contributed by atoms with Crippen LogP contribution in [-0.2, 0) is 9.59 Å². The molecule has 0 aliphatic carbocycles. The molecule has 0 aromatic rings. The van der Waals surface area contributed by atoms with E-state index >= 15 is 0 Å². The van der Waals surface area contributed by atoms with Crippen LogP contribution in [0, 0.1) is 0 Å². The summed E-state index contributed by atoms with van der Waals surface area (Å²) in [6.45, 7) is 3.02.